The Bertz CT molecular complexity index is 735. The third kappa shape index (κ3) is 3.13. The van der Waals surface area contributed by atoms with Gasteiger partial charge in [0.25, 0.3) is 5.89 Å². The van der Waals surface area contributed by atoms with Gasteiger partial charge in [-0.25, -0.2) is 0 Å². The number of aromatic nitrogens is 4. The second kappa shape index (κ2) is 6.10. The molecule has 0 amide bonds. The van der Waals surface area contributed by atoms with E-state index in [9.17, 15) is 0 Å². The Balaban J connectivity index is 1.78. The van der Waals surface area contributed by atoms with Crippen molar-refractivity contribution in [1.29, 1.82) is 0 Å². The van der Waals surface area contributed by atoms with Gasteiger partial charge in [-0.15, -0.1) is 0 Å². The molecular formula is C15H15ClN4O. The highest BCUT2D eigenvalue weighted by Crippen LogP contribution is 2.20. The van der Waals surface area contributed by atoms with Gasteiger partial charge in [0.15, 0.2) is 5.82 Å². The molecule has 1 aromatic carbocycles. The fourth-order valence-corrected chi connectivity index (χ4v) is 2.28. The zero-order valence-corrected chi connectivity index (χ0v) is 12.4. The fourth-order valence-electron chi connectivity index (χ4n) is 2.08. The fraction of sp³-hybridized carbons (Fsp3) is 0.267. The van der Waals surface area contributed by atoms with Gasteiger partial charge in [0.2, 0.25) is 0 Å². The first kappa shape index (κ1) is 13.8. The van der Waals surface area contributed by atoms with Crippen LogP contribution in [0.15, 0.2) is 41.2 Å². The van der Waals surface area contributed by atoms with Gasteiger partial charge in [-0.2, -0.15) is 10.1 Å². The van der Waals surface area contributed by atoms with Crippen LogP contribution in [-0.2, 0) is 13.0 Å². The van der Waals surface area contributed by atoms with Gasteiger partial charge in [-0.05, 0) is 18.1 Å². The molecule has 2 aromatic heterocycles. The highest BCUT2D eigenvalue weighted by Gasteiger charge is 2.12. The number of aryl methyl sites for hydroxylation is 1. The lowest BCUT2D eigenvalue weighted by molar-refractivity contribution is 0.424. The molecule has 0 radical (unpaired) electrons. The topological polar surface area (TPSA) is 56.7 Å². The van der Waals surface area contributed by atoms with Crippen LogP contribution in [0.4, 0.5) is 0 Å². The van der Waals surface area contributed by atoms with Crippen molar-refractivity contribution in [2.24, 2.45) is 0 Å². The number of benzene rings is 1. The van der Waals surface area contributed by atoms with Crippen molar-refractivity contribution in [1.82, 2.24) is 19.9 Å². The van der Waals surface area contributed by atoms with Crippen LogP contribution in [0, 0.1) is 0 Å². The average molecular weight is 303 g/mol. The molecule has 0 saturated carbocycles. The van der Waals surface area contributed by atoms with Gasteiger partial charge in [0.1, 0.15) is 0 Å². The van der Waals surface area contributed by atoms with E-state index in [1.54, 1.807) is 6.20 Å². The third-order valence-corrected chi connectivity index (χ3v) is 3.48. The first-order chi connectivity index (χ1) is 10.3. The van der Waals surface area contributed by atoms with Crippen LogP contribution in [0.5, 0.6) is 0 Å². The zero-order chi connectivity index (χ0) is 14.7. The summed E-state index contributed by atoms with van der Waals surface area (Å²) in [4.78, 5) is 4.40. The summed E-state index contributed by atoms with van der Waals surface area (Å²) in [6, 6.07) is 7.65. The monoisotopic (exact) mass is 302 g/mol. The number of rotatable bonds is 5. The lowest BCUT2D eigenvalue weighted by atomic mass is 10.1. The van der Waals surface area contributed by atoms with Crippen molar-refractivity contribution in [3.8, 4) is 11.5 Å². The van der Waals surface area contributed by atoms with Crippen molar-refractivity contribution in [3.63, 3.8) is 0 Å². The summed E-state index contributed by atoms with van der Waals surface area (Å²) in [5.41, 5.74) is 1.81. The minimum Gasteiger partial charge on any atom is -0.334 e. The molecule has 3 rings (SSSR count). The van der Waals surface area contributed by atoms with E-state index >= 15 is 0 Å². The van der Waals surface area contributed by atoms with Gasteiger partial charge in [-0.3, -0.25) is 4.68 Å². The van der Waals surface area contributed by atoms with Crippen LogP contribution in [-0.4, -0.2) is 19.9 Å². The molecule has 0 aliphatic carbocycles. The van der Waals surface area contributed by atoms with E-state index in [1.807, 2.05) is 35.1 Å². The minimum absolute atomic E-state index is 0.486. The van der Waals surface area contributed by atoms with Gasteiger partial charge < -0.3 is 4.52 Å². The minimum atomic E-state index is 0.486. The molecule has 0 unspecified atom stereocenters. The molecule has 5 nitrogen and oxygen atoms in total. The third-order valence-electron chi connectivity index (χ3n) is 3.11. The predicted molar refractivity (Wildman–Crippen MR) is 80.1 cm³/mol. The number of hydrogen-bond acceptors (Lipinski definition) is 4. The van der Waals surface area contributed by atoms with E-state index in [0.29, 0.717) is 23.2 Å². The Kier molecular flexibility index (Phi) is 4.01. The largest absolute Gasteiger partial charge is 0.334 e. The summed E-state index contributed by atoms with van der Waals surface area (Å²) >= 11 is 6.14. The SMILES string of the molecule is CCCn1cc(-c2nc(Cc3ccccc3Cl)no2)cn1. The quantitative estimate of drug-likeness (QED) is 0.723. The molecule has 108 valence electrons. The Labute approximate surface area is 127 Å². The van der Waals surface area contributed by atoms with E-state index in [4.69, 9.17) is 16.1 Å². The second-order valence-corrected chi connectivity index (χ2v) is 5.18. The summed E-state index contributed by atoms with van der Waals surface area (Å²) in [6.07, 6.45) is 5.23. The number of hydrogen-bond donors (Lipinski definition) is 0. The van der Waals surface area contributed by atoms with Crippen LogP contribution in [0.25, 0.3) is 11.5 Å². The molecular weight excluding hydrogens is 288 g/mol. The summed E-state index contributed by atoms with van der Waals surface area (Å²) in [7, 11) is 0. The maximum Gasteiger partial charge on any atom is 0.261 e. The molecule has 0 saturated heterocycles. The average Bonchev–Trinajstić information content (AvgIpc) is 3.11. The molecule has 0 bridgehead atoms. The standard InChI is InChI=1S/C15H15ClN4O/c1-2-7-20-10-12(9-17-20)15-18-14(19-21-15)8-11-5-3-4-6-13(11)16/h3-6,9-10H,2,7-8H2,1H3. The highest BCUT2D eigenvalue weighted by molar-refractivity contribution is 6.31. The molecule has 3 aromatic rings. The maximum atomic E-state index is 6.14. The Hall–Kier alpha value is -2.14. The van der Waals surface area contributed by atoms with E-state index in [0.717, 1.165) is 24.1 Å². The molecule has 2 heterocycles. The lowest BCUT2D eigenvalue weighted by Crippen LogP contribution is -1.95. The molecule has 0 atom stereocenters. The second-order valence-electron chi connectivity index (χ2n) is 4.78. The number of halogens is 1. The molecule has 0 fully saturated rings. The van der Waals surface area contributed by atoms with Crippen molar-refractivity contribution in [2.75, 3.05) is 0 Å². The first-order valence-corrected chi connectivity index (χ1v) is 7.23. The van der Waals surface area contributed by atoms with Gasteiger partial charge in [-0.1, -0.05) is 41.9 Å². The molecule has 0 N–H and O–H groups in total. The van der Waals surface area contributed by atoms with Crippen molar-refractivity contribution in [2.45, 2.75) is 26.3 Å². The molecule has 21 heavy (non-hydrogen) atoms. The smallest absolute Gasteiger partial charge is 0.261 e. The Morgan fingerprint density at radius 1 is 1.29 bits per heavy atom. The van der Waals surface area contributed by atoms with Crippen molar-refractivity contribution >= 4 is 11.6 Å². The van der Waals surface area contributed by atoms with Crippen LogP contribution in [0.1, 0.15) is 24.7 Å². The predicted octanol–water partition coefficient (Wildman–Crippen LogP) is 3.59. The zero-order valence-electron chi connectivity index (χ0n) is 11.7. The lowest BCUT2D eigenvalue weighted by Gasteiger charge is -1.98. The van der Waals surface area contributed by atoms with Crippen LogP contribution >= 0.6 is 11.6 Å². The van der Waals surface area contributed by atoms with E-state index < -0.39 is 0 Å². The summed E-state index contributed by atoms with van der Waals surface area (Å²) in [5.74, 6) is 1.10. The van der Waals surface area contributed by atoms with Crippen LogP contribution in [0.2, 0.25) is 5.02 Å². The normalized spacial score (nSPS) is 11.0. The summed E-state index contributed by atoms with van der Waals surface area (Å²) in [6.45, 7) is 2.98. The van der Waals surface area contributed by atoms with Crippen molar-refractivity contribution in [3.05, 3.63) is 53.1 Å². The first-order valence-electron chi connectivity index (χ1n) is 6.85. The van der Waals surface area contributed by atoms with Crippen molar-refractivity contribution < 1.29 is 4.52 Å². The molecule has 0 aliphatic rings. The molecule has 0 spiro atoms. The van der Waals surface area contributed by atoms with Crippen LogP contribution in [0.3, 0.4) is 0 Å². The van der Waals surface area contributed by atoms with Gasteiger partial charge in [0.05, 0.1) is 11.8 Å². The molecule has 0 aliphatic heterocycles. The number of nitrogens with zero attached hydrogens (tertiary/aromatic N) is 4. The van der Waals surface area contributed by atoms with E-state index in [1.165, 1.54) is 0 Å². The van der Waals surface area contributed by atoms with Gasteiger partial charge >= 0.3 is 0 Å². The van der Waals surface area contributed by atoms with E-state index in [-0.39, 0.29) is 0 Å². The maximum absolute atomic E-state index is 6.14. The Morgan fingerprint density at radius 3 is 2.95 bits per heavy atom. The Morgan fingerprint density at radius 2 is 2.14 bits per heavy atom. The summed E-state index contributed by atoms with van der Waals surface area (Å²) in [5, 5.41) is 8.97. The molecule has 6 heteroatoms. The summed E-state index contributed by atoms with van der Waals surface area (Å²) < 4.78 is 7.17. The van der Waals surface area contributed by atoms with Crippen LogP contribution < -0.4 is 0 Å². The van der Waals surface area contributed by atoms with E-state index in [2.05, 4.69) is 22.2 Å². The highest BCUT2D eigenvalue weighted by atomic mass is 35.5. The van der Waals surface area contributed by atoms with Gasteiger partial charge in [0, 0.05) is 24.2 Å².